The van der Waals surface area contributed by atoms with Gasteiger partial charge in [-0.05, 0) is 98.1 Å². The van der Waals surface area contributed by atoms with Gasteiger partial charge in [0.15, 0.2) is 0 Å². The molecule has 0 amide bonds. The lowest BCUT2D eigenvalue weighted by Gasteiger charge is -2.10. The average Bonchev–Trinajstić information content (AvgIpc) is 3.76. The van der Waals surface area contributed by atoms with Crippen LogP contribution in [0.4, 0.5) is 0 Å². The Kier molecular flexibility index (Phi) is 6.97. The Morgan fingerprint density at radius 2 is 0.500 bits per heavy atom. The molecule has 10 aromatic rings. The van der Waals surface area contributed by atoms with Crippen molar-refractivity contribution in [2.45, 2.75) is 0 Å². The zero-order valence-corrected chi connectivity index (χ0v) is 28.8. The zero-order valence-electron chi connectivity index (χ0n) is 27.1. The van der Waals surface area contributed by atoms with Crippen molar-refractivity contribution in [2.75, 3.05) is 0 Å². The van der Waals surface area contributed by atoms with Gasteiger partial charge in [0, 0.05) is 40.3 Å². The largest absolute Gasteiger partial charge is 0.135 e. The summed E-state index contributed by atoms with van der Waals surface area (Å²) >= 11 is 3.74. The van der Waals surface area contributed by atoms with Gasteiger partial charge in [-0.3, -0.25) is 0 Å². The first-order valence-corrected chi connectivity index (χ1v) is 18.6. The molecule has 0 saturated heterocycles. The molecule has 0 fully saturated rings. The Morgan fingerprint density at radius 3 is 0.900 bits per heavy atom. The lowest BCUT2D eigenvalue weighted by atomic mass is 9.94. The summed E-state index contributed by atoms with van der Waals surface area (Å²) in [6, 6.07) is 66.9. The van der Waals surface area contributed by atoms with Crippen LogP contribution in [0.2, 0.25) is 0 Å². The van der Waals surface area contributed by atoms with Gasteiger partial charge in [0.25, 0.3) is 0 Å². The van der Waals surface area contributed by atoms with Gasteiger partial charge in [0.1, 0.15) is 0 Å². The molecule has 2 heterocycles. The van der Waals surface area contributed by atoms with E-state index in [2.05, 4.69) is 182 Å². The van der Waals surface area contributed by atoms with Crippen molar-refractivity contribution in [1.29, 1.82) is 0 Å². The molecule has 0 spiro atoms. The van der Waals surface area contributed by atoms with Crippen molar-refractivity contribution in [3.63, 3.8) is 0 Å². The van der Waals surface area contributed by atoms with Crippen LogP contribution >= 0.6 is 22.7 Å². The van der Waals surface area contributed by atoms with Gasteiger partial charge in [-0.15, -0.1) is 22.7 Å². The van der Waals surface area contributed by atoms with Crippen LogP contribution in [0.5, 0.6) is 0 Å². The maximum atomic E-state index is 2.34. The third-order valence-corrected chi connectivity index (χ3v) is 12.2. The van der Waals surface area contributed by atoms with Gasteiger partial charge in [-0.2, -0.15) is 0 Å². The Balaban J connectivity index is 0.923. The minimum atomic E-state index is 1.22. The summed E-state index contributed by atoms with van der Waals surface area (Å²) in [7, 11) is 0. The van der Waals surface area contributed by atoms with E-state index in [0.29, 0.717) is 0 Å². The SMILES string of the molecule is c1cc(-c2ccc(-c3cccc(-c4ccc5c(c4)sc4ccccc45)c3)cc2)cc(-c2cccc(-c3ccc4c(c3)sc3ccccc34)c2)c1. The summed E-state index contributed by atoms with van der Waals surface area (Å²) in [5, 5.41) is 5.35. The fourth-order valence-corrected chi connectivity index (χ4v) is 9.59. The standard InChI is InChI=1S/C48H30S2/c1-3-16-45-41(14-1)43-24-22-39(29-47(43)49-45)37-12-6-9-34(27-37)32-20-18-31(19-21-32)33-8-5-10-35(26-33)36-11-7-13-38(28-36)40-23-25-44-42-15-2-4-17-46(42)50-48(44)30-40/h1-30H. The second-order valence-electron chi connectivity index (χ2n) is 12.9. The van der Waals surface area contributed by atoms with Gasteiger partial charge in [0.05, 0.1) is 0 Å². The third-order valence-electron chi connectivity index (χ3n) is 9.90. The first-order chi connectivity index (χ1) is 24.7. The number of rotatable bonds is 5. The normalized spacial score (nSPS) is 11.6. The number of hydrogen-bond acceptors (Lipinski definition) is 2. The van der Waals surface area contributed by atoms with E-state index >= 15 is 0 Å². The van der Waals surface area contributed by atoms with E-state index < -0.39 is 0 Å². The second kappa shape index (κ2) is 12.0. The second-order valence-corrected chi connectivity index (χ2v) is 15.1. The number of fused-ring (bicyclic) bond motifs is 6. The molecule has 50 heavy (non-hydrogen) atoms. The predicted molar refractivity (Wildman–Crippen MR) is 219 cm³/mol. The molecule has 0 atom stereocenters. The quantitative estimate of drug-likeness (QED) is 0.171. The molecule has 0 saturated carbocycles. The van der Waals surface area contributed by atoms with Gasteiger partial charge in [-0.1, -0.05) is 140 Å². The van der Waals surface area contributed by atoms with Crippen molar-refractivity contribution < 1.29 is 0 Å². The Morgan fingerprint density at radius 1 is 0.200 bits per heavy atom. The molecular formula is C48H30S2. The summed E-state index contributed by atoms with van der Waals surface area (Å²) in [5.41, 5.74) is 12.3. The number of thiophene rings is 2. The summed E-state index contributed by atoms with van der Waals surface area (Å²) in [6.45, 7) is 0. The minimum absolute atomic E-state index is 1.22. The molecule has 0 radical (unpaired) electrons. The molecule has 10 rings (SSSR count). The summed E-state index contributed by atoms with van der Waals surface area (Å²) in [4.78, 5) is 0. The molecule has 0 nitrogen and oxygen atoms in total. The molecule has 2 heteroatoms. The smallest absolute Gasteiger partial charge is 0.0361 e. The highest BCUT2D eigenvalue weighted by molar-refractivity contribution is 7.26. The zero-order chi connectivity index (χ0) is 33.0. The molecule has 0 aliphatic carbocycles. The average molecular weight is 671 g/mol. The summed E-state index contributed by atoms with van der Waals surface area (Å²) in [5.74, 6) is 0. The van der Waals surface area contributed by atoms with E-state index in [0.717, 1.165) is 0 Å². The molecule has 234 valence electrons. The van der Waals surface area contributed by atoms with E-state index in [1.54, 1.807) is 0 Å². The molecule has 0 bridgehead atoms. The van der Waals surface area contributed by atoms with E-state index in [4.69, 9.17) is 0 Å². The van der Waals surface area contributed by atoms with Gasteiger partial charge in [0.2, 0.25) is 0 Å². The number of benzene rings is 8. The fourth-order valence-electron chi connectivity index (χ4n) is 7.30. The maximum Gasteiger partial charge on any atom is 0.0361 e. The molecule has 0 aliphatic rings. The molecular weight excluding hydrogens is 641 g/mol. The Hall–Kier alpha value is -5.80. The summed E-state index contributed by atoms with van der Waals surface area (Å²) in [6.07, 6.45) is 0. The topological polar surface area (TPSA) is 0 Å². The highest BCUT2D eigenvalue weighted by Gasteiger charge is 2.10. The van der Waals surface area contributed by atoms with Gasteiger partial charge in [-0.25, -0.2) is 0 Å². The first kappa shape index (κ1) is 29.1. The van der Waals surface area contributed by atoms with Crippen molar-refractivity contribution in [1.82, 2.24) is 0 Å². The van der Waals surface area contributed by atoms with Crippen LogP contribution in [0.15, 0.2) is 182 Å². The van der Waals surface area contributed by atoms with Crippen LogP contribution < -0.4 is 0 Å². The van der Waals surface area contributed by atoms with Crippen LogP contribution in [0.1, 0.15) is 0 Å². The minimum Gasteiger partial charge on any atom is -0.135 e. The molecule has 2 aromatic heterocycles. The van der Waals surface area contributed by atoms with E-state index in [-0.39, 0.29) is 0 Å². The van der Waals surface area contributed by atoms with Crippen LogP contribution in [0.3, 0.4) is 0 Å². The maximum absolute atomic E-state index is 2.34. The lowest BCUT2D eigenvalue weighted by molar-refractivity contribution is 1.57. The first-order valence-electron chi connectivity index (χ1n) is 17.0. The van der Waals surface area contributed by atoms with Crippen LogP contribution in [-0.4, -0.2) is 0 Å². The highest BCUT2D eigenvalue weighted by Crippen LogP contribution is 2.39. The van der Waals surface area contributed by atoms with Crippen molar-refractivity contribution in [2.24, 2.45) is 0 Å². The van der Waals surface area contributed by atoms with E-state index in [1.165, 1.54) is 96.0 Å². The van der Waals surface area contributed by atoms with E-state index in [9.17, 15) is 0 Å². The lowest BCUT2D eigenvalue weighted by Crippen LogP contribution is -1.85. The molecule has 0 aliphatic heterocycles. The molecule has 0 N–H and O–H groups in total. The van der Waals surface area contributed by atoms with Crippen LogP contribution in [0.25, 0.3) is 96.0 Å². The summed E-state index contributed by atoms with van der Waals surface area (Å²) < 4.78 is 5.35. The predicted octanol–water partition coefficient (Wildman–Crippen LogP) is 14.8. The van der Waals surface area contributed by atoms with Gasteiger partial charge < -0.3 is 0 Å². The highest BCUT2D eigenvalue weighted by atomic mass is 32.1. The fraction of sp³-hybridized carbons (Fsp3) is 0. The van der Waals surface area contributed by atoms with Crippen molar-refractivity contribution >= 4 is 63.0 Å². The van der Waals surface area contributed by atoms with Crippen molar-refractivity contribution in [3.8, 4) is 55.6 Å². The van der Waals surface area contributed by atoms with Crippen LogP contribution in [0, 0.1) is 0 Å². The molecule has 8 aromatic carbocycles. The third kappa shape index (κ3) is 5.13. The Labute approximate surface area is 299 Å². The monoisotopic (exact) mass is 670 g/mol. The number of hydrogen-bond donors (Lipinski definition) is 0. The van der Waals surface area contributed by atoms with Gasteiger partial charge >= 0.3 is 0 Å². The van der Waals surface area contributed by atoms with Crippen molar-refractivity contribution in [3.05, 3.63) is 182 Å². The van der Waals surface area contributed by atoms with Crippen LogP contribution in [-0.2, 0) is 0 Å². The van der Waals surface area contributed by atoms with E-state index in [1.807, 2.05) is 22.7 Å². The molecule has 0 unspecified atom stereocenters. The Bertz CT molecular complexity index is 2870.